The fourth-order valence-corrected chi connectivity index (χ4v) is 4.63. The van der Waals surface area contributed by atoms with Gasteiger partial charge < -0.3 is 16.0 Å². The number of anilines is 2. The van der Waals surface area contributed by atoms with Gasteiger partial charge in [0.15, 0.2) is 9.84 Å². The maximum atomic E-state index is 12.4. The van der Waals surface area contributed by atoms with Crippen LogP contribution in [0.3, 0.4) is 0 Å². The molecule has 1 fully saturated rings. The van der Waals surface area contributed by atoms with Crippen molar-refractivity contribution in [3.05, 3.63) is 59.1 Å². The van der Waals surface area contributed by atoms with Gasteiger partial charge in [0.25, 0.3) is 5.91 Å². The van der Waals surface area contributed by atoms with Crippen LogP contribution in [-0.2, 0) is 9.84 Å². The van der Waals surface area contributed by atoms with Gasteiger partial charge in [-0.15, -0.1) is 0 Å². The summed E-state index contributed by atoms with van der Waals surface area (Å²) in [5.41, 5.74) is 1.34. The summed E-state index contributed by atoms with van der Waals surface area (Å²) in [6.45, 7) is 0. The Kier molecular flexibility index (Phi) is 5.67. The molecule has 1 unspecified atom stereocenters. The molecule has 2 aromatic rings. The average molecular weight is 408 g/mol. The number of rotatable bonds is 4. The van der Waals surface area contributed by atoms with Crippen LogP contribution in [0.15, 0.2) is 48.5 Å². The van der Waals surface area contributed by atoms with E-state index < -0.39 is 21.9 Å². The topological polar surface area (TPSA) is 104 Å². The minimum Gasteiger partial charge on any atom is -0.334 e. The number of hydrogen-bond donors (Lipinski definition) is 3. The normalized spacial score (nSPS) is 17.9. The van der Waals surface area contributed by atoms with Crippen molar-refractivity contribution in [2.45, 2.75) is 12.5 Å². The van der Waals surface area contributed by atoms with Crippen LogP contribution in [0, 0.1) is 0 Å². The molecule has 1 aliphatic heterocycles. The SMILES string of the molecule is O=C(Nc1cccc(C(=O)Nc2cccc(Cl)c2)c1)NC1CCS(=O)(=O)C1. The highest BCUT2D eigenvalue weighted by Crippen LogP contribution is 2.17. The first-order chi connectivity index (χ1) is 12.8. The molecule has 27 heavy (non-hydrogen) atoms. The monoisotopic (exact) mass is 407 g/mol. The second-order valence-electron chi connectivity index (χ2n) is 6.24. The molecule has 0 aromatic heterocycles. The van der Waals surface area contributed by atoms with Gasteiger partial charge in [0.2, 0.25) is 0 Å². The lowest BCUT2D eigenvalue weighted by Crippen LogP contribution is -2.38. The van der Waals surface area contributed by atoms with E-state index in [1.165, 1.54) is 6.07 Å². The van der Waals surface area contributed by atoms with Crippen molar-refractivity contribution in [2.24, 2.45) is 0 Å². The zero-order valence-corrected chi connectivity index (χ0v) is 15.8. The maximum Gasteiger partial charge on any atom is 0.319 e. The lowest BCUT2D eigenvalue weighted by Gasteiger charge is -2.13. The Labute approximate surface area is 162 Å². The average Bonchev–Trinajstić information content (AvgIpc) is 2.93. The van der Waals surface area contributed by atoms with Gasteiger partial charge in [-0.1, -0.05) is 23.7 Å². The van der Waals surface area contributed by atoms with Crippen LogP contribution >= 0.6 is 11.6 Å². The summed E-state index contributed by atoms with van der Waals surface area (Å²) in [4.78, 5) is 24.4. The summed E-state index contributed by atoms with van der Waals surface area (Å²) in [5.74, 6) is -0.317. The highest BCUT2D eigenvalue weighted by molar-refractivity contribution is 7.91. The predicted molar refractivity (Wildman–Crippen MR) is 105 cm³/mol. The van der Waals surface area contributed by atoms with E-state index in [0.717, 1.165) is 0 Å². The van der Waals surface area contributed by atoms with Gasteiger partial charge in [0, 0.05) is 28.0 Å². The number of hydrogen-bond acceptors (Lipinski definition) is 4. The van der Waals surface area contributed by atoms with Gasteiger partial charge in [0.1, 0.15) is 0 Å². The number of sulfone groups is 1. The third-order valence-electron chi connectivity index (χ3n) is 4.03. The Bertz CT molecular complexity index is 978. The summed E-state index contributed by atoms with van der Waals surface area (Å²) in [5, 5.41) is 8.49. The van der Waals surface area contributed by atoms with Crippen molar-refractivity contribution in [2.75, 3.05) is 22.1 Å². The van der Waals surface area contributed by atoms with Crippen LogP contribution in [0.4, 0.5) is 16.2 Å². The largest absolute Gasteiger partial charge is 0.334 e. The standard InChI is InChI=1S/C18H18ClN3O4S/c19-13-4-2-6-15(10-13)20-17(23)12-3-1-5-14(9-12)21-18(24)22-16-7-8-27(25,26)11-16/h1-6,9-10,16H,7-8,11H2,(H,20,23)(H2,21,22,24). The number of urea groups is 1. The van der Waals surface area contributed by atoms with Gasteiger partial charge in [-0.2, -0.15) is 0 Å². The molecule has 1 atom stereocenters. The van der Waals surface area contributed by atoms with E-state index in [9.17, 15) is 18.0 Å². The number of carbonyl (C=O) groups is 2. The van der Waals surface area contributed by atoms with E-state index >= 15 is 0 Å². The third kappa shape index (κ3) is 5.45. The van der Waals surface area contributed by atoms with E-state index in [1.807, 2.05) is 0 Å². The number of halogens is 1. The summed E-state index contributed by atoms with van der Waals surface area (Å²) in [7, 11) is -3.07. The van der Waals surface area contributed by atoms with Crippen LogP contribution in [0.25, 0.3) is 0 Å². The lowest BCUT2D eigenvalue weighted by molar-refractivity contribution is 0.102. The van der Waals surface area contributed by atoms with Crippen LogP contribution in [0.2, 0.25) is 5.02 Å². The smallest absolute Gasteiger partial charge is 0.319 e. The van der Waals surface area contributed by atoms with Crippen molar-refractivity contribution in [3.8, 4) is 0 Å². The molecule has 0 saturated carbocycles. The number of benzene rings is 2. The van der Waals surface area contributed by atoms with Gasteiger partial charge in [-0.3, -0.25) is 4.79 Å². The molecule has 142 valence electrons. The van der Waals surface area contributed by atoms with E-state index in [2.05, 4.69) is 16.0 Å². The Morgan fingerprint density at radius 2 is 1.70 bits per heavy atom. The first-order valence-corrected chi connectivity index (χ1v) is 10.5. The van der Waals surface area contributed by atoms with Crippen molar-refractivity contribution in [1.29, 1.82) is 0 Å². The maximum absolute atomic E-state index is 12.4. The Balaban J connectivity index is 1.61. The van der Waals surface area contributed by atoms with Crippen LogP contribution in [0.1, 0.15) is 16.8 Å². The quantitative estimate of drug-likeness (QED) is 0.724. The van der Waals surface area contributed by atoms with Crippen LogP contribution in [0.5, 0.6) is 0 Å². The van der Waals surface area contributed by atoms with Gasteiger partial charge in [-0.05, 0) is 42.8 Å². The molecule has 9 heteroatoms. The molecule has 0 bridgehead atoms. The molecule has 7 nitrogen and oxygen atoms in total. The Morgan fingerprint density at radius 1 is 1.00 bits per heavy atom. The highest BCUT2D eigenvalue weighted by atomic mass is 35.5. The Hall–Kier alpha value is -2.58. The number of nitrogens with one attached hydrogen (secondary N) is 3. The second-order valence-corrected chi connectivity index (χ2v) is 8.91. The molecular weight excluding hydrogens is 390 g/mol. The lowest BCUT2D eigenvalue weighted by atomic mass is 10.2. The van der Waals surface area contributed by atoms with E-state index in [4.69, 9.17) is 11.6 Å². The molecule has 3 N–H and O–H groups in total. The summed E-state index contributed by atoms with van der Waals surface area (Å²) >= 11 is 5.90. The second kappa shape index (κ2) is 7.98. The first-order valence-electron chi connectivity index (χ1n) is 8.26. The third-order valence-corrected chi connectivity index (χ3v) is 6.04. The highest BCUT2D eigenvalue weighted by Gasteiger charge is 2.28. The number of carbonyl (C=O) groups excluding carboxylic acids is 2. The molecule has 3 amide bonds. The summed E-state index contributed by atoms with van der Waals surface area (Å²) in [6, 6.07) is 12.3. The Morgan fingerprint density at radius 3 is 2.37 bits per heavy atom. The van der Waals surface area contributed by atoms with Gasteiger partial charge in [-0.25, -0.2) is 13.2 Å². The van der Waals surface area contributed by atoms with Crippen molar-refractivity contribution < 1.29 is 18.0 Å². The molecule has 0 spiro atoms. The molecule has 3 rings (SSSR count). The van der Waals surface area contributed by atoms with Gasteiger partial charge >= 0.3 is 6.03 Å². The van der Waals surface area contributed by atoms with Crippen LogP contribution in [-0.4, -0.2) is 37.9 Å². The molecule has 2 aromatic carbocycles. The molecule has 0 radical (unpaired) electrons. The zero-order valence-electron chi connectivity index (χ0n) is 14.2. The summed E-state index contributed by atoms with van der Waals surface area (Å²) in [6.07, 6.45) is 0.401. The molecular formula is C18H18ClN3O4S. The fourth-order valence-electron chi connectivity index (χ4n) is 2.77. The molecule has 0 aliphatic carbocycles. The zero-order chi connectivity index (χ0) is 19.4. The summed E-state index contributed by atoms with van der Waals surface area (Å²) < 4.78 is 22.9. The van der Waals surface area contributed by atoms with Crippen molar-refractivity contribution >= 4 is 44.8 Å². The predicted octanol–water partition coefficient (Wildman–Crippen LogP) is 2.90. The van der Waals surface area contributed by atoms with Crippen molar-refractivity contribution in [1.82, 2.24) is 5.32 Å². The van der Waals surface area contributed by atoms with E-state index in [0.29, 0.717) is 28.4 Å². The van der Waals surface area contributed by atoms with Gasteiger partial charge in [0.05, 0.1) is 11.5 Å². The first kappa shape index (κ1) is 19.2. The molecule has 1 aliphatic rings. The van der Waals surface area contributed by atoms with Crippen molar-refractivity contribution in [3.63, 3.8) is 0 Å². The number of amides is 3. The fraction of sp³-hybridized carbons (Fsp3) is 0.222. The molecule has 1 heterocycles. The minimum absolute atomic E-state index is 0.0531. The van der Waals surface area contributed by atoms with E-state index in [1.54, 1.807) is 42.5 Å². The minimum atomic E-state index is -3.07. The molecule has 1 saturated heterocycles. The van der Waals surface area contributed by atoms with E-state index in [-0.39, 0.29) is 17.4 Å². The van der Waals surface area contributed by atoms with Crippen LogP contribution < -0.4 is 16.0 Å².